The van der Waals surface area contributed by atoms with Gasteiger partial charge in [-0.1, -0.05) is 0 Å². The molecule has 1 N–H and O–H groups in total. The second-order valence-electron chi connectivity index (χ2n) is 4.49. The Morgan fingerprint density at radius 1 is 1.38 bits per heavy atom. The SMILES string of the molecule is CCN(CC)C(=O)CNCCC(C)(C)C#N. The molecule has 0 aliphatic rings. The number of rotatable bonds is 7. The summed E-state index contributed by atoms with van der Waals surface area (Å²) in [7, 11) is 0. The molecule has 0 heterocycles. The quantitative estimate of drug-likeness (QED) is 0.666. The second kappa shape index (κ2) is 7.24. The van der Waals surface area contributed by atoms with Crippen molar-refractivity contribution in [2.45, 2.75) is 34.1 Å². The van der Waals surface area contributed by atoms with Gasteiger partial charge < -0.3 is 10.2 Å². The fourth-order valence-corrected chi connectivity index (χ4v) is 1.34. The van der Waals surface area contributed by atoms with Crippen molar-refractivity contribution in [2.24, 2.45) is 5.41 Å². The van der Waals surface area contributed by atoms with E-state index in [1.807, 2.05) is 27.7 Å². The van der Waals surface area contributed by atoms with E-state index in [1.54, 1.807) is 4.90 Å². The molecule has 4 nitrogen and oxygen atoms in total. The molecule has 0 rings (SSSR count). The summed E-state index contributed by atoms with van der Waals surface area (Å²) < 4.78 is 0. The van der Waals surface area contributed by atoms with Gasteiger partial charge in [0.05, 0.1) is 18.0 Å². The number of likely N-dealkylation sites (N-methyl/N-ethyl adjacent to an activating group) is 1. The first-order valence-corrected chi connectivity index (χ1v) is 5.86. The molecule has 0 unspecified atom stereocenters. The number of carbonyl (C=O) groups excluding carboxylic acids is 1. The van der Waals surface area contributed by atoms with Crippen molar-refractivity contribution in [2.75, 3.05) is 26.2 Å². The van der Waals surface area contributed by atoms with Crippen LogP contribution in [-0.2, 0) is 4.79 Å². The minimum Gasteiger partial charge on any atom is -0.342 e. The molecule has 0 bridgehead atoms. The predicted molar refractivity (Wildman–Crippen MR) is 64.8 cm³/mol. The van der Waals surface area contributed by atoms with Crippen molar-refractivity contribution >= 4 is 5.91 Å². The smallest absolute Gasteiger partial charge is 0.236 e. The van der Waals surface area contributed by atoms with E-state index in [0.29, 0.717) is 13.1 Å². The van der Waals surface area contributed by atoms with Crippen LogP contribution in [0, 0.1) is 16.7 Å². The Balaban J connectivity index is 3.76. The van der Waals surface area contributed by atoms with E-state index in [1.165, 1.54) is 0 Å². The van der Waals surface area contributed by atoms with Crippen molar-refractivity contribution < 1.29 is 4.79 Å². The molecule has 0 aliphatic carbocycles. The highest BCUT2D eigenvalue weighted by molar-refractivity contribution is 5.78. The molecule has 1 amide bonds. The third-order valence-corrected chi connectivity index (χ3v) is 2.62. The van der Waals surface area contributed by atoms with Crippen molar-refractivity contribution in [1.82, 2.24) is 10.2 Å². The van der Waals surface area contributed by atoms with E-state index in [2.05, 4.69) is 11.4 Å². The lowest BCUT2D eigenvalue weighted by molar-refractivity contribution is -0.129. The molecule has 16 heavy (non-hydrogen) atoms. The van der Waals surface area contributed by atoms with Gasteiger partial charge in [-0.15, -0.1) is 0 Å². The summed E-state index contributed by atoms with van der Waals surface area (Å²) in [6.07, 6.45) is 0.759. The Kier molecular flexibility index (Phi) is 6.75. The van der Waals surface area contributed by atoms with Gasteiger partial charge in [-0.3, -0.25) is 4.79 Å². The van der Waals surface area contributed by atoms with Crippen LogP contribution in [0.4, 0.5) is 0 Å². The summed E-state index contributed by atoms with van der Waals surface area (Å²) >= 11 is 0. The third-order valence-electron chi connectivity index (χ3n) is 2.62. The van der Waals surface area contributed by atoms with Gasteiger partial charge in [-0.2, -0.15) is 5.26 Å². The normalized spacial score (nSPS) is 10.9. The first kappa shape index (κ1) is 14.9. The van der Waals surface area contributed by atoms with Gasteiger partial charge in [0.1, 0.15) is 0 Å². The number of amides is 1. The molecule has 92 valence electrons. The summed E-state index contributed by atoms with van der Waals surface area (Å²) in [5, 5.41) is 11.9. The maximum atomic E-state index is 11.6. The minimum absolute atomic E-state index is 0.125. The Bertz CT molecular complexity index is 251. The Hall–Kier alpha value is -1.08. The van der Waals surface area contributed by atoms with E-state index in [-0.39, 0.29) is 11.3 Å². The van der Waals surface area contributed by atoms with Gasteiger partial charge in [0, 0.05) is 13.1 Å². The summed E-state index contributed by atoms with van der Waals surface area (Å²) in [5.74, 6) is 0.125. The van der Waals surface area contributed by atoms with Crippen molar-refractivity contribution in [3.8, 4) is 6.07 Å². The molecule has 0 fully saturated rings. The molecule has 0 atom stereocenters. The second-order valence-corrected chi connectivity index (χ2v) is 4.49. The number of nitrogens with one attached hydrogen (secondary N) is 1. The topological polar surface area (TPSA) is 56.1 Å². The van der Waals surface area contributed by atoms with E-state index in [0.717, 1.165) is 19.5 Å². The van der Waals surface area contributed by atoms with Crippen LogP contribution in [0.3, 0.4) is 0 Å². The molecule has 0 aliphatic heterocycles. The van der Waals surface area contributed by atoms with Crippen LogP contribution in [0.1, 0.15) is 34.1 Å². The average molecular weight is 225 g/mol. The van der Waals surface area contributed by atoms with Gasteiger partial charge in [-0.25, -0.2) is 0 Å². The highest BCUT2D eigenvalue weighted by Crippen LogP contribution is 2.16. The van der Waals surface area contributed by atoms with Crippen LogP contribution in [0.2, 0.25) is 0 Å². The summed E-state index contributed by atoms with van der Waals surface area (Å²) in [6.45, 7) is 10.3. The lowest BCUT2D eigenvalue weighted by Gasteiger charge is -2.19. The van der Waals surface area contributed by atoms with Crippen LogP contribution in [0.5, 0.6) is 0 Å². The van der Waals surface area contributed by atoms with E-state index in [9.17, 15) is 4.79 Å². The van der Waals surface area contributed by atoms with Crippen LogP contribution in [0.25, 0.3) is 0 Å². The summed E-state index contributed by atoms with van der Waals surface area (Å²) in [4.78, 5) is 13.4. The fourth-order valence-electron chi connectivity index (χ4n) is 1.34. The number of hydrogen-bond donors (Lipinski definition) is 1. The molecule has 0 saturated carbocycles. The van der Waals surface area contributed by atoms with Crippen LogP contribution < -0.4 is 5.32 Å². The molecular weight excluding hydrogens is 202 g/mol. The molecule has 4 heteroatoms. The minimum atomic E-state index is -0.314. The molecule has 0 saturated heterocycles. The molecule has 0 aromatic heterocycles. The lowest BCUT2D eigenvalue weighted by Crippen LogP contribution is -2.38. The van der Waals surface area contributed by atoms with Crippen molar-refractivity contribution in [3.63, 3.8) is 0 Å². The van der Waals surface area contributed by atoms with Gasteiger partial charge in [-0.05, 0) is 40.7 Å². The van der Waals surface area contributed by atoms with E-state index in [4.69, 9.17) is 5.26 Å². The monoisotopic (exact) mass is 225 g/mol. The number of nitrogens with zero attached hydrogens (tertiary/aromatic N) is 2. The first-order valence-electron chi connectivity index (χ1n) is 5.86. The molecule has 0 spiro atoms. The fraction of sp³-hybridized carbons (Fsp3) is 0.833. The number of hydrogen-bond acceptors (Lipinski definition) is 3. The largest absolute Gasteiger partial charge is 0.342 e. The lowest BCUT2D eigenvalue weighted by atomic mass is 9.91. The predicted octanol–water partition coefficient (Wildman–Crippen LogP) is 1.38. The highest BCUT2D eigenvalue weighted by Gasteiger charge is 2.16. The van der Waals surface area contributed by atoms with Crippen molar-refractivity contribution in [1.29, 1.82) is 5.26 Å². The maximum Gasteiger partial charge on any atom is 0.236 e. The Morgan fingerprint density at radius 2 is 1.94 bits per heavy atom. The van der Waals surface area contributed by atoms with Gasteiger partial charge in [0.2, 0.25) is 5.91 Å². The van der Waals surface area contributed by atoms with Gasteiger partial charge in [0.25, 0.3) is 0 Å². The number of carbonyl (C=O) groups is 1. The highest BCUT2D eigenvalue weighted by atomic mass is 16.2. The zero-order valence-corrected chi connectivity index (χ0v) is 10.8. The standard InChI is InChI=1S/C12H23N3O/c1-5-15(6-2)11(16)9-14-8-7-12(3,4)10-13/h14H,5-9H2,1-4H3. The molecule has 0 aromatic carbocycles. The molecule has 0 aromatic rings. The Labute approximate surface area is 98.6 Å². The molecule has 0 radical (unpaired) electrons. The summed E-state index contributed by atoms with van der Waals surface area (Å²) in [6, 6.07) is 2.24. The van der Waals surface area contributed by atoms with Crippen LogP contribution in [0.15, 0.2) is 0 Å². The van der Waals surface area contributed by atoms with Crippen molar-refractivity contribution in [3.05, 3.63) is 0 Å². The summed E-state index contributed by atoms with van der Waals surface area (Å²) in [5.41, 5.74) is -0.314. The Morgan fingerprint density at radius 3 is 2.38 bits per heavy atom. The van der Waals surface area contributed by atoms with E-state index >= 15 is 0 Å². The van der Waals surface area contributed by atoms with Crippen LogP contribution in [-0.4, -0.2) is 37.0 Å². The zero-order chi connectivity index (χ0) is 12.6. The van der Waals surface area contributed by atoms with Gasteiger partial charge in [0.15, 0.2) is 0 Å². The van der Waals surface area contributed by atoms with Gasteiger partial charge >= 0.3 is 0 Å². The molecular formula is C12H23N3O. The number of nitriles is 1. The van der Waals surface area contributed by atoms with Crippen LogP contribution >= 0.6 is 0 Å². The average Bonchev–Trinajstić information content (AvgIpc) is 2.26. The zero-order valence-electron chi connectivity index (χ0n) is 10.8. The van der Waals surface area contributed by atoms with E-state index < -0.39 is 0 Å². The first-order chi connectivity index (χ1) is 7.46. The maximum absolute atomic E-state index is 11.6. The third kappa shape index (κ3) is 5.72.